The van der Waals surface area contributed by atoms with Gasteiger partial charge in [-0.25, -0.2) is 17.4 Å². The summed E-state index contributed by atoms with van der Waals surface area (Å²) in [5.41, 5.74) is 2.27. The molecule has 0 saturated heterocycles. The Balaban J connectivity index is 2.14. The molecule has 0 aliphatic heterocycles. The summed E-state index contributed by atoms with van der Waals surface area (Å²) in [5, 5.41) is 1.67. The van der Waals surface area contributed by atoms with Crippen molar-refractivity contribution in [3.05, 3.63) is 71.0 Å². The molecular weight excluding hydrogens is 388 g/mol. The third kappa shape index (κ3) is 2.25. The quantitative estimate of drug-likeness (QED) is 0.465. The van der Waals surface area contributed by atoms with Gasteiger partial charge in [-0.3, -0.25) is 0 Å². The van der Waals surface area contributed by atoms with Gasteiger partial charge in [-0.1, -0.05) is 35.9 Å². The van der Waals surface area contributed by atoms with Gasteiger partial charge in [-0.15, -0.1) is 0 Å². The van der Waals surface area contributed by atoms with Crippen LogP contribution in [-0.2, 0) is 10.0 Å². The van der Waals surface area contributed by atoms with Gasteiger partial charge in [0.05, 0.1) is 15.9 Å². The Morgan fingerprint density at radius 1 is 0.958 bits per heavy atom. The van der Waals surface area contributed by atoms with Gasteiger partial charge in [0.25, 0.3) is 10.0 Å². The highest BCUT2D eigenvalue weighted by atomic mass is 79.9. The average molecular weight is 401 g/mol. The van der Waals surface area contributed by atoms with Gasteiger partial charge < -0.3 is 0 Å². The lowest BCUT2D eigenvalue weighted by atomic mass is 10.2. The van der Waals surface area contributed by atoms with Crippen LogP contribution in [0.25, 0.3) is 21.8 Å². The zero-order valence-corrected chi connectivity index (χ0v) is 15.2. The van der Waals surface area contributed by atoms with Gasteiger partial charge in [-0.05, 0) is 47.1 Å². The maximum Gasteiger partial charge on any atom is 0.268 e. The van der Waals surface area contributed by atoms with Gasteiger partial charge in [0.15, 0.2) is 0 Å². The summed E-state index contributed by atoms with van der Waals surface area (Å²) >= 11 is 3.34. The molecule has 24 heavy (non-hydrogen) atoms. The lowest BCUT2D eigenvalue weighted by Gasteiger charge is -2.09. The number of benzene rings is 2. The number of pyridine rings is 1. The second-order valence-corrected chi connectivity index (χ2v) is 8.22. The molecule has 0 radical (unpaired) electrons. The lowest BCUT2D eigenvalue weighted by molar-refractivity contribution is 0.590. The molecule has 120 valence electrons. The molecule has 2 heterocycles. The van der Waals surface area contributed by atoms with Crippen LogP contribution < -0.4 is 0 Å². The summed E-state index contributed by atoms with van der Waals surface area (Å²) in [6.45, 7) is 1.93. The summed E-state index contributed by atoms with van der Waals surface area (Å²) in [6, 6.07) is 16.1. The summed E-state index contributed by atoms with van der Waals surface area (Å²) in [4.78, 5) is 4.51. The summed E-state index contributed by atoms with van der Waals surface area (Å²) in [5.74, 6) is 0. The van der Waals surface area contributed by atoms with E-state index in [0.29, 0.717) is 15.6 Å². The van der Waals surface area contributed by atoms with Crippen molar-refractivity contribution in [3.63, 3.8) is 0 Å². The van der Waals surface area contributed by atoms with Crippen molar-refractivity contribution in [2.45, 2.75) is 11.8 Å². The zero-order valence-electron chi connectivity index (χ0n) is 12.8. The van der Waals surface area contributed by atoms with Crippen LogP contribution in [0.5, 0.6) is 0 Å². The number of hydrogen-bond donors (Lipinski definition) is 0. The molecule has 0 saturated carbocycles. The summed E-state index contributed by atoms with van der Waals surface area (Å²) in [7, 11) is -3.71. The Morgan fingerprint density at radius 2 is 1.67 bits per heavy atom. The molecule has 2 aromatic carbocycles. The second-order valence-electron chi connectivity index (χ2n) is 5.62. The van der Waals surface area contributed by atoms with Crippen LogP contribution in [0.15, 0.2) is 70.3 Å². The number of nitrogens with zero attached hydrogens (tertiary/aromatic N) is 2. The van der Waals surface area contributed by atoms with Crippen molar-refractivity contribution in [1.82, 2.24) is 8.96 Å². The van der Waals surface area contributed by atoms with Gasteiger partial charge in [0.2, 0.25) is 0 Å². The fourth-order valence-corrected chi connectivity index (χ4v) is 4.72. The Morgan fingerprint density at radius 3 is 2.42 bits per heavy atom. The lowest BCUT2D eigenvalue weighted by Crippen LogP contribution is -2.12. The minimum atomic E-state index is -3.71. The normalized spacial score (nSPS) is 12.1. The number of fused-ring (bicyclic) bond motifs is 3. The number of rotatable bonds is 2. The van der Waals surface area contributed by atoms with E-state index in [0.717, 1.165) is 16.3 Å². The fourth-order valence-electron chi connectivity index (χ4n) is 2.88. The zero-order chi connectivity index (χ0) is 16.9. The molecule has 4 nitrogen and oxygen atoms in total. The molecule has 0 aliphatic carbocycles. The first-order valence-electron chi connectivity index (χ1n) is 7.35. The average Bonchev–Trinajstić information content (AvgIpc) is 2.89. The van der Waals surface area contributed by atoms with Crippen molar-refractivity contribution >= 4 is 47.8 Å². The van der Waals surface area contributed by atoms with E-state index in [9.17, 15) is 8.42 Å². The predicted molar refractivity (Wildman–Crippen MR) is 98.7 cm³/mol. The van der Waals surface area contributed by atoms with Gasteiger partial charge >= 0.3 is 0 Å². The number of hydrogen-bond acceptors (Lipinski definition) is 3. The number of para-hydroxylation sites is 1. The summed E-state index contributed by atoms with van der Waals surface area (Å²) in [6.07, 6.45) is 1.70. The molecule has 0 atom stereocenters. The number of aromatic nitrogens is 2. The topological polar surface area (TPSA) is 52.0 Å². The van der Waals surface area contributed by atoms with Crippen molar-refractivity contribution in [2.24, 2.45) is 0 Å². The minimum absolute atomic E-state index is 0.267. The van der Waals surface area contributed by atoms with Crippen LogP contribution >= 0.6 is 15.9 Å². The highest BCUT2D eigenvalue weighted by Crippen LogP contribution is 2.33. The van der Waals surface area contributed by atoms with Crippen LogP contribution in [-0.4, -0.2) is 17.4 Å². The van der Waals surface area contributed by atoms with Crippen LogP contribution in [0.2, 0.25) is 0 Å². The number of halogens is 1. The Kier molecular flexibility index (Phi) is 3.47. The van der Waals surface area contributed by atoms with Crippen LogP contribution in [0, 0.1) is 6.92 Å². The van der Waals surface area contributed by atoms with E-state index in [1.165, 1.54) is 3.97 Å². The van der Waals surface area contributed by atoms with Crippen molar-refractivity contribution < 1.29 is 8.42 Å². The highest BCUT2D eigenvalue weighted by molar-refractivity contribution is 9.10. The predicted octanol–water partition coefficient (Wildman–Crippen LogP) is 4.50. The molecule has 2 aromatic heterocycles. The van der Waals surface area contributed by atoms with Gasteiger partial charge in [-0.2, -0.15) is 0 Å². The van der Waals surface area contributed by atoms with Gasteiger partial charge in [0.1, 0.15) is 4.60 Å². The third-order valence-corrected chi connectivity index (χ3v) is 6.22. The third-order valence-electron chi connectivity index (χ3n) is 4.04. The van der Waals surface area contributed by atoms with E-state index in [1.54, 1.807) is 36.5 Å². The molecule has 0 aliphatic rings. The molecule has 0 bridgehead atoms. The molecule has 0 N–H and O–H groups in total. The molecule has 6 heteroatoms. The summed E-state index contributed by atoms with van der Waals surface area (Å²) < 4.78 is 28.5. The van der Waals surface area contributed by atoms with E-state index >= 15 is 0 Å². The van der Waals surface area contributed by atoms with E-state index in [-0.39, 0.29) is 4.90 Å². The first-order valence-corrected chi connectivity index (χ1v) is 9.59. The van der Waals surface area contributed by atoms with E-state index in [2.05, 4.69) is 20.9 Å². The molecule has 0 amide bonds. The van der Waals surface area contributed by atoms with Crippen LogP contribution in [0.1, 0.15) is 5.56 Å². The molecule has 0 spiro atoms. The largest absolute Gasteiger partial charge is 0.268 e. The van der Waals surface area contributed by atoms with Crippen LogP contribution in [0.4, 0.5) is 0 Å². The molecule has 4 aromatic rings. The Labute approximate surface area is 147 Å². The van der Waals surface area contributed by atoms with E-state index < -0.39 is 10.0 Å². The van der Waals surface area contributed by atoms with Gasteiger partial charge in [0, 0.05) is 17.0 Å². The maximum atomic E-state index is 13.3. The maximum absolute atomic E-state index is 13.3. The first kappa shape index (κ1) is 15.4. The van der Waals surface area contributed by atoms with Crippen molar-refractivity contribution in [2.75, 3.05) is 0 Å². The van der Waals surface area contributed by atoms with E-state index in [4.69, 9.17) is 0 Å². The minimum Gasteiger partial charge on any atom is -0.249 e. The molecule has 0 fully saturated rings. The molecule has 4 rings (SSSR count). The van der Waals surface area contributed by atoms with Crippen LogP contribution in [0.3, 0.4) is 0 Å². The monoisotopic (exact) mass is 400 g/mol. The smallest absolute Gasteiger partial charge is 0.249 e. The Bertz CT molecular complexity index is 1180. The first-order chi connectivity index (χ1) is 11.5. The van der Waals surface area contributed by atoms with Crippen molar-refractivity contribution in [1.29, 1.82) is 0 Å². The number of aryl methyl sites for hydroxylation is 1. The Hall–Kier alpha value is -2.18. The molecule has 0 unspecified atom stereocenters. The van der Waals surface area contributed by atoms with E-state index in [1.807, 2.05) is 31.2 Å². The standard InChI is InChI=1S/C18H13BrN2O2S/c1-12-6-8-13(9-7-12)24(22,23)21-16-5-3-2-4-14(16)15-11-20-18(19)10-17(15)21/h2-11H,1H3. The SMILES string of the molecule is Cc1ccc(S(=O)(=O)n2c3ccccc3c3cnc(Br)cc32)cc1. The molecular formula is C18H13BrN2O2S. The highest BCUT2D eigenvalue weighted by Gasteiger charge is 2.23. The fraction of sp³-hybridized carbons (Fsp3) is 0.0556. The van der Waals surface area contributed by atoms with Crippen molar-refractivity contribution in [3.8, 4) is 0 Å². The second kappa shape index (κ2) is 5.43.